The first-order valence-electron chi connectivity index (χ1n) is 10.4. The quantitative estimate of drug-likeness (QED) is 0.507. The van der Waals surface area contributed by atoms with Gasteiger partial charge in [-0.05, 0) is 36.8 Å². The molecule has 0 radical (unpaired) electrons. The molecule has 4 rings (SSSR count). The van der Waals surface area contributed by atoms with E-state index in [1.165, 1.54) is 6.07 Å². The summed E-state index contributed by atoms with van der Waals surface area (Å²) in [6.45, 7) is 2.72. The lowest BCUT2D eigenvalue weighted by atomic mass is 9.86. The molecule has 0 amide bonds. The third-order valence-electron chi connectivity index (χ3n) is 5.95. The van der Waals surface area contributed by atoms with E-state index in [9.17, 15) is 13.2 Å². The zero-order valence-corrected chi connectivity index (χ0v) is 18.0. The van der Waals surface area contributed by atoms with E-state index in [4.69, 9.17) is 14.2 Å². The number of hydrogen-bond acceptors (Lipinski definition) is 4. The Kier molecular flexibility index (Phi) is 6.26. The summed E-state index contributed by atoms with van der Waals surface area (Å²) in [4.78, 5) is 4.08. The van der Waals surface area contributed by atoms with E-state index in [0.717, 1.165) is 11.6 Å². The molecule has 0 N–H and O–H groups in total. The fourth-order valence-corrected chi connectivity index (χ4v) is 4.10. The van der Waals surface area contributed by atoms with Crippen molar-refractivity contribution >= 4 is 0 Å². The number of nitrogens with zero attached hydrogens (tertiary/aromatic N) is 2. The Morgan fingerprint density at radius 3 is 2.56 bits per heavy atom. The zero-order chi connectivity index (χ0) is 22.8. The fourth-order valence-electron chi connectivity index (χ4n) is 4.10. The second-order valence-electron chi connectivity index (χ2n) is 7.81. The van der Waals surface area contributed by atoms with Gasteiger partial charge in [0.2, 0.25) is 0 Å². The SMILES string of the molecule is COC1(c2cccc(OCc3ccc(-n4ccnc4C)cc3C(F)(F)F)c2)CCOCC1. The maximum atomic E-state index is 13.8. The Labute approximate surface area is 184 Å². The number of rotatable bonds is 6. The van der Waals surface area contributed by atoms with Crippen molar-refractivity contribution < 1.29 is 27.4 Å². The molecule has 1 saturated heterocycles. The third-order valence-corrected chi connectivity index (χ3v) is 5.95. The second kappa shape index (κ2) is 8.96. The number of benzene rings is 2. The molecular formula is C24H25F3N2O3. The van der Waals surface area contributed by atoms with Crippen LogP contribution in [-0.2, 0) is 27.9 Å². The Balaban J connectivity index is 1.58. The number of alkyl halides is 3. The molecule has 1 aliphatic rings. The van der Waals surface area contributed by atoms with E-state index in [-0.39, 0.29) is 12.2 Å². The lowest BCUT2D eigenvalue weighted by molar-refractivity contribution is -0.138. The summed E-state index contributed by atoms with van der Waals surface area (Å²) in [5, 5.41) is 0. The largest absolute Gasteiger partial charge is 0.489 e. The topological polar surface area (TPSA) is 45.5 Å². The van der Waals surface area contributed by atoms with Gasteiger partial charge in [-0.3, -0.25) is 0 Å². The predicted molar refractivity (Wildman–Crippen MR) is 113 cm³/mol. The molecule has 0 unspecified atom stereocenters. The van der Waals surface area contributed by atoms with Crippen LogP contribution < -0.4 is 4.74 Å². The summed E-state index contributed by atoms with van der Waals surface area (Å²) in [6.07, 6.45) is 0.0973. The van der Waals surface area contributed by atoms with Gasteiger partial charge >= 0.3 is 6.18 Å². The molecule has 8 heteroatoms. The molecule has 170 valence electrons. The molecule has 32 heavy (non-hydrogen) atoms. The van der Waals surface area contributed by atoms with E-state index in [0.29, 0.717) is 43.3 Å². The number of aromatic nitrogens is 2. The van der Waals surface area contributed by atoms with E-state index >= 15 is 0 Å². The Hall–Kier alpha value is -2.84. The van der Waals surface area contributed by atoms with Crippen LogP contribution in [0.1, 0.15) is 35.4 Å². The number of methoxy groups -OCH3 is 1. The van der Waals surface area contributed by atoms with Crippen LogP contribution in [0.5, 0.6) is 5.75 Å². The molecule has 2 aromatic carbocycles. The predicted octanol–water partition coefficient (Wildman–Crippen LogP) is 5.43. The first kappa shape index (κ1) is 22.4. The van der Waals surface area contributed by atoms with Gasteiger partial charge in [0, 0.05) is 56.8 Å². The van der Waals surface area contributed by atoms with Crippen molar-refractivity contribution in [3.8, 4) is 11.4 Å². The van der Waals surface area contributed by atoms with E-state index < -0.39 is 17.3 Å². The Morgan fingerprint density at radius 1 is 1.12 bits per heavy atom. The molecular weight excluding hydrogens is 421 g/mol. The van der Waals surface area contributed by atoms with Crippen LogP contribution in [0.4, 0.5) is 13.2 Å². The van der Waals surface area contributed by atoms with Gasteiger partial charge in [0.25, 0.3) is 0 Å². The highest BCUT2D eigenvalue weighted by Crippen LogP contribution is 2.38. The number of halogens is 3. The monoisotopic (exact) mass is 446 g/mol. The summed E-state index contributed by atoms with van der Waals surface area (Å²) in [5.74, 6) is 1.10. The van der Waals surface area contributed by atoms with E-state index in [2.05, 4.69) is 4.98 Å². The minimum Gasteiger partial charge on any atom is -0.489 e. The minimum atomic E-state index is -4.51. The van der Waals surface area contributed by atoms with Gasteiger partial charge in [-0.1, -0.05) is 18.2 Å². The highest BCUT2D eigenvalue weighted by molar-refractivity contribution is 5.43. The van der Waals surface area contributed by atoms with Gasteiger partial charge < -0.3 is 18.8 Å². The van der Waals surface area contributed by atoms with Crippen molar-refractivity contribution in [3.63, 3.8) is 0 Å². The van der Waals surface area contributed by atoms with Gasteiger partial charge in [-0.15, -0.1) is 0 Å². The molecule has 0 bridgehead atoms. The maximum absolute atomic E-state index is 13.8. The maximum Gasteiger partial charge on any atom is 0.416 e. The molecule has 1 aromatic heterocycles. The van der Waals surface area contributed by atoms with Crippen molar-refractivity contribution in [1.82, 2.24) is 9.55 Å². The first-order valence-corrected chi connectivity index (χ1v) is 10.4. The summed E-state index contributed by atoms with van der Waals surface area (Å²) in [6, 6.07) is 11.6. The van der Waals surface area contributed by atoms with Gasteiger partial charge in [0.15, 0.2) is 0 Å². The van der Waals surface area contributed by atoms with Crippen LogP contribution in [0, 0.1) is 6.92 Å². The fraction of sp³-hybridized carbons (Fsp3) is 0.375. The average Bonchev–Trinajstić information content (AvgIpc) is 3.23. The van der Waals surface area contributed by atoms with Crippen molar-refractivity contribution in [3.05, 3.63) is 77.4 Å². The Bertz CT molecular complexity index is 1070. The lowest BCUT2D eigenvalue weighted by Crippen LogP contribution is -2.35. The van der Waals surface area contributed by atoms with Gasteiger partial charge in [0.05, 0.1) is 11.2 Å². The van der Waals surface area contributed by atoms with Crippen molar-refractivity contribution in [2.75, 3.05) is 20.3 Å². The van der Waals surface area contributed by atoms with E-state index in [1.54, 1.807) is 43.1 Å². The molecule has 0 atom stereocenters. The molecule has 1 fully saturated rings. The van der Waals surface area contributed by atoms with E-state index in [1.807, 2.05) is 18.2 Å². The average molecular weight is 446 g/mol. The smallest absolute Gasteiger partial charge is 0.416 e. The van der Waals surface area contributed by atoms with Crippen molar-refractivity contribution in [2.45, 2.75) is 38.1 Å². The normalized spacial score (nSPS) is 16.2. The van der Waals surface area contributed by atoms with Gasteiger partial charge in [-0.2, -0.15) is 13.2 Å². The van der Waals surface area contributed by atoms with Crippen molar-refractivity contribution in [2.24, 2.45) is 0 Å². The first-order chi connectivity index (χ1) is 15.3. The second-order valence-corrected chi connectivity index (χ2v) is 7.81. The summed E-state index contributed by atoms with van der Waals surface area (Å²) < 4.78 is 60.0. The molecule has 0 spiro atoms. The summed E-state index contributed by atoms with van der Waals surface area (Å²) in [5.41, 5.74) is 0.204. The van der Waals surface area contributed by atoms with Crippen LogP contribution in [0.3, 0.4) is 0 Å². The standard InChI is InChI=1S/C24H25F3N2O3/c1-17-28-10-11-29(17)20-7-6-18(22(15-20)24(25,26)27)16-32-21-5-3-4-19(14-21)23(30-2)8-12-31-13-9-23/h3-7,10-11,14-15H,8-9,12-13,16H2,1-2H3. The molecule has 0 saturated carbocycles. The number of imidazole rings is 1. The van der Waals surface area contributed by atoms with Crippen LogP contribution in [0.15, 0.2) is 54.9 Å². The van der Waals surface area contributed by atoms with Crippen LogP contribution in [0.25, 0.3) is 5.69 Å². The lowest BCUT2D eigenvalue weighted by Gasteiger charge is -2.36. The molecule has 1 aliphatic heterocycles. The van der Waals surface area contributed by atoms with Crippen LogP contribution in [-0.4, -0.2) is 29.9 Å². The molecule has 3 aromatic rings. The number of hydrogen-bond donors (Lipinski definition) is 0. The third kappa shape index (κ3) is 4.52. The van der Waals surface area contributed by atoms with Crippen LogP contribution in [0.2, 0.25) is 0 Å². The molecule has 0 aliphatic carbocycles. The van der Waals surface area contributed by atoms with Crippen molar-refractivity contribution in [1.29, 1.82) is 0 Å². The Morgan fingerprint density at radius 2 is 1.91 bits per heavy atom. The summed E-state index contributed by atoms with van der Waals surface area (Å²) >= 11 is 0. The summed E-state index contributed by atoms with van der Waals surface area (Å²) in [7, 11) is 1.66. The molecule has 2 heterocycles. The van der Waals surface area contributed by atoms with Gasteiger partial charge in [0.1, 0.15) is 18.2 Å². The molecule has 5 nitrogen and oxygen atoms in total. The number of ether oxygens (including phenoxy) is 3. The number of aryl methyl sites for hydroxylation is 1. The highest BCUT2D eigenvalue weighted by atomic mass is 19.4. The highest BCUT2D eigenvalue weighted by Gasteiger charge is 2.35. The van der Waals surface area contributed by atoms with Gasteiger partial charge in [-0.25, -0.2) is 4.98 Å². The minimum absolute atomic E-state index is 0.0666. The van der Waals surface area contributed by atoms with Crippen LogP contribution >= 0.6 is 0 Å². The zero-order valence-electron chi connectivity index (χ0n) is 18.0.